The van der Waals surface area contributed by atoms with E-state index < -0.39 is 9.28 Å². The van der Waals surface area contributed by atoms with Crippen LogP contribution in [0.25, 0.3) is 0 Å². The largest absolute Gasteiger partial charge is 0.400 e. The van der Waals surface area contributed by atoms with Gasteiger partial charge in [-0.1, -0.05) is 6.92 Å². The quantitative estimate of drug-likeness (QED) is 0.565. The van der Waals surface area contributed by atoms with Gasteiger partial charge in [-0.3, -0.25) is 0 Å². The fraction of sp³-hybridized carbons (Fsp3) is 1.00. The molecule has 4 heteroatoms. The number of nitrogens with two attached hydrogens (primary N) is 1. The fourth-order valence-corrected chi connectivity index (χ4v) is 1.78. The average molecular weight is 149 g/mol. The molecule has 0 saturated carbocycles. The summed E-state index contributed by atoms with van der Waals surface area (Å²) in [5, 5.41) is 0. The van der Waals surface area contributed by atoms with Crippen LogP contribution in [0.1, 0.15) is 6.92 Å². The molecule has 1 atom stereocenters. The molecule has 0 aromatic carbocycles. The molecule has 56 valence electrons. The summed E-state index contributed by atoms with van der Waals surface area (Å²) in [5.74, 6) is 0. The molecule has 0 spiro atoms. The maximum atomic E-state index is 5.52. The van der Waals surface area contributed by atoms with Crippen LogP contribution in [0.2, 0.25) is 6.04 Å². The monoisotopic (exact) mass is 149 g/mol. The van der Waals surface area contributed by atoms with Gasteiger partial charge < -0.3 is 14.6 Å². The van der Waals surface area contributed by atoms with Gasteiger partial charge in [-0.15, -0.1) is 0 Å². The van der Waals surface area contributed by atoms with Crippen LogP contribution in [-0.4, -0.2) is 29.5 Å². The standard InChI is InChI=1S/C5H15NO2Si/c1-5(6)4-9(7-2)8-3/h5,9H,4,6H2,1-3H3. The van der Waals surface area contributed by atoms with Crippen LogP contribution in [-0.2, 0) is 8.85 Å². The van der Waals surface area contributed by atoms with Gasteiger partial charge in [-0.25, -0.2) is 0 Å². The Bertz CT molecular complexity index is 66.0. The molecule has 0 bridgehead atoms. The van der Waals surface area contributed by atoms with Crippen molar-refractivity contribution in [3.8, 4) is 0 Å². The van der Waals surface area contributed by atoms with Gasteiger partial charge in [-0.2, -0.15) is 0 Å². The van der Waals surface area contributed by atoms with Crippen molar-refractivity contribution in [1.29, 1.82) is 0 Å². The van der Waals surface area contributed by atoms with Crippen LogP contribution in [0.4, 0.5) is 0 Å². The van der Waals surface area contributed by atoms with Crippen LogP contribution in [0, 0.1) is 0 Å². The molecule has 0 rings (SSSR count). The van der Waals surface area contributed by atoms with Crippen LogP contribution < -0.4 is 5.73 Å². The zero-order chi connectivity index (χ0) is 7.28. The van der Waals surface area contributed by atoms with Crippen molar-refractivity contribution in [2.75, 3.05) is 14.2 Å². The molecule has 0 heterocycles. The van der Waals surface area contributed by atoms with E-state index in [0.29, 0.717) is 0 Å². The first kappa shape index (κ1) is 9.10. The maximum Gasteiger partial charge on any atom is 0.322 e. The van der Waals surface area contributed by atoms with Crippen LogP contribution >= 0.6 is 0 Å². The molecule has 1 unspecified atom stereocenters. The van der Waals surface area contributed by atoms with E-state index >= 15 is 0 Å². The second kappa shape index (κ2) is 4.93. The molecule has 0 aromatic rings. The van der Waals surface area contributed by atoms with Crippen LogP contribution in [0.5, 0.6) is 0 Å². The van der Waals surface area contributed by atoms with E-state index in [2.05, 4.69) is 0 Å². The van der Waals surface area contributed by atoms with E-state index in [4.69, 9.17) is 14.6 Å². The zero-order valence-electron chi connectivity index (χ0n) is 6.26. The molecule has 0 aliphatic heterocycles. The molecule has 0 aliphatic rings. The van der Waals surface area contributed by atoms with Crippen molar-refractivity contribution in [2.45, 2.75) is 19.0 Å². The lowest BCUT2D eigenvalue weighted by Crippen LogP contribution is -2.28. The number of hydrogen-bond donors (Lipinski definition) is 1. The van der Waals surface area contributed by atoms with Gasteiger partial charge in [-0.05, 0) is 0 Å². The molecule has 2 N–H and O–H groups in total. The van der Waals surface area contributed by atoms with Crippen molar-refractivity contribution >= 4 is 9.28 Å². The highest BCUT2D eigenvalue weighted by Crippen LogP contribution is 1.96. The summed E-state index contributed by atoms with van der Waals surface area (Å²) in [5.41, 5.74) is 5.52. The summed E-state index contributed by atoms with van der Waals surface area (Å²) < 4.78 is 10.1. The van der Waals surface area contributed by atoms with E-state index in [1.54, 1.807) is 14.2 Å². The van der Waals surface area contributed by atoms with Crippen molar-refractivity contribution < 1.29 is 8.85 Å². The number of rotatable bonds is 4. The molecular formula is C5H15NO2Si. The maximum absolute atomic E-state index is 5.52. The normalized spacial score (nSPS) is 14.3. The van der Waals surface area contributed by atoms with Gasteiger partial charge in [0.1, 0.15) is 0 Å². The highest BCUT2D eigenvalue weighted by Gasteiger charge is 2.10. The Labute approximate surface area is 58.0 Å². The lowest BCUT2D eigenvalue weighted by molar-refractivity contribution is 0.275. The smallest absolute Gasteiger partial charge is 0.322 e. The van der Waals surface area contributed by atoms with E-state index in [-0.39, 0.29) is 6.04 Å². The molecule has 3 nitrogen and oxygen atoms in total. The van der Waals surface area contributed by atoms with Crippen LogP contribution in [0.15, 0.2) is 0 Å². The Balaban J connectivity index is 3.31. The topological polar surface area (TPSA) is 44.5 Å². The summed E-state index contributed by atoms with van der Waals surface area (Å²) in [7, 11) is 1.96. The molecule has 0 aliphatic carbocycles. The van der Waals surface area contributed by atoms with Gasteiger partial charge in [0.2, 0.25) is 0 Å². The summed E-state index contributed by atoms with van der Waals surface area (Å²) in [6, 6.07) is 1.08. The second-order valence-electron chi connectivity index (χ2n) is 2.11. The average Bonchev–Trinajstić information content (AvgIpc) is 1.82. The Hall–Kier alpha value is 0.0969. The molecular weight excluding hydrogens is 134 g/mol. The summed E-state index contributed by atoms with van der Waals surface area (Å²) in [4.78, 5) is 0. The summed E-state index contributed by atoms with van der Waals surface area (Å²) in [6.45, 7) is 1.96. The highest BCUT2D eigenvalue weighted by molar-refractivity contribution is 6.44. The van der Waals surface area contributed by atoms with E-state index in [9.17, 15) is 0 Å². The van der Waals surface area contributed by atoms with Gasteiger partial charge in [0.15, 0.2) is 0 Å². The predicted molar refractivity (Wildman–Crippen MR) is 39.6 cm³/mol. The van der Waals surface area contributed by atoms with Crippen molar-refractivity contribution in [3.63, 3.8) is 0 Å². The third kappa shape index (κ3) is 4.59. The third-order valence-electron chi connectivity index (χ3n) is 1.09. The molecule has 0 amide bonds. The van der Waals surface area contributed by atoms with Crippen molar-refractivity contribution in [2.24, 2.45) is 5.73 Å². The van der Waals surface area contributed by atoms with Gasteiger partial charge >= 0.3 is 9.28 Å². The zero-order valence-corrected chi connectivity index (χ0v) is 7.41. The molecule has 0 aromatic heterocycles. The van der Waals surface area contributed by atoms with Crippen molar-refractivity contribution in [3.05, 3.63) is 0 Å². The summed E-state index contributed by atoms with van der Waals surface area (Å²) >= 11 is 0. The fourth-order valence-electron chi connectivity index (χ4n) is 0.592. The molecule has 9 heavy (non-hydrogen) atoms. The van der Waals surface area contributed by atoms with Gasteiger partial charge in [0, 0.05) is 26.3 Å². The Morgan fingerprint density at radius 1 is 1.44 bits per heavy atom. The number of hydrogen-bond acceptors (Lipinski definition) is 3. The third-order valence-corrected chi connectivity index (χ3v) is 3.27. The van der Waals surface area contributed by atoms with Crippen LogP contribution in [0.3, 0.4) is 0 Å². The van der Waals surface area contributed by atoms with E-state index in [1.807, 2.05) is 6.92 Å². The Kier molecular flexibility index (Phi) is 4.98. The predicted octanol–water partition coefficient (Wildman–Crippen LogP) is -0.153. The molecule has 0 radical (unpaired) electrons. The first-order valence-electron chi connectivity index (χ1n) is 3.02. The van der Waals surface area contributed by atoms with Gasteiger partial charge in [0.25, 0.3) is 0 Å². The van der Waals surface area contributed by atoms with Crippen molar-refractivity contribution in [1.82, 2.24) is 0 Å². The lowest BCUT2D eigenvalue weighted by atomic mass is 10.4. The molecule has 0 fully saturated rings. The minimum absolute atomic E-state index is 0.196. The lowest BCUT2D eigenvalue weighted by Gasteiger charge is -2.12. The first-order valence-corrected chi connectivity index (χ1v) is 4.77. The Morgan fingerprint density at radius 2 is 1.89 bits per heavy atom. The molecule has 0 saturated heterocycles. The minimum Gasteiger partial charge on any atom is -0.400 e. The van der Waals surface area contributed by atoms with E-state index in [0.717, 1.165) is 6.04 Å². The Morgan fingerprint density at radius 3 is 2.00 bits per heavy atom. The van der Waals surface area contributed by atoms with Gasteiger partial charge in [0.05, 0.1) is 0 Å². The summed E-state index contributed by atoms with van der Waals surface area (Å²) in [6.07, 6.45) is 0. The highest BCUT2D eigenvalue weighted by atomic mass is 28.3. The minimum atomic E-state index is -1.38. The van der Waals surface area contributed by atoms with E-state index in [1.165, 1.54) is 0 Å². The second-order valence-corrected chi connectivity index (χ2v) is 4.39. The first-order chi connectivity index (χ1) is 4.20. The SMILES string of the molecule is CO[SiH](CC(C)N)OC.